The van der Waals surface area contributed by atoms with Crippen LogP contribution >= 0.6 is 11.6 Å². The predicted octanol–water partition coefficient (Wildman–Crippen LogP) is 6.27. The van der Waals surface area contributed by atoms with Crippen LogP contribution in [-0.4, -0.2) is 35.6 Å². The standard InChI is InChI=1S/C24H28ClF3N4O/c1-14(2)32-13-18(12-22(32)16(4)29-21-8-6-5-7-15(21)3)31-23(33)30-17-9-10-20(25)19(11-17)24(26,27)28/h5-11,14,18,22,29H,4,12-13H2,1-3H3,(H2,30,31,33)/t18?,22-/m0/s1. The summed E-state index contributed by atoms with van der Waals surface area (Å²) in [6, 6.07) is 10.6. The SMILES string of the molecule is C=C(Nc1ccccc1C)[C@@H]1CC(NC(=O)Nc2ccc(Cl)c(C(F)(F)F)c2)CN1C(C)C. The lowest BCUT2D eigenvalue weighted by atomic mass is 10.1. The molecule has 0 bridgehead atoms. The summed E-state index contributed by atoms with van der Waals surface area (Å²) in [4.78, 5) is 14.7. The molecule has 33 heavy (non-hydrogen) atoms. The maximum atomic E-state index is 13.1. The first-order valence-corrected chi connectivity index (χ1v) is 11.0. The number of hydrogen-bond donors (Lipinski definition) is 3. The maximum absolute atomic E-state index is 13.1. The van der Waals surface area contributed by atoms with E-state index in [1.165, 1.54) is 6.07 Å². The number of carbonyl (C=O) groups excluding carboxylic acids is 1. The average molecular weight is 481 g/mol. The van der Waals surface area contributed by atoms with E-state index in [0.29, 0.717) is 13.0 Å². The van der Waals surface area contributed by atoms with Gasteiger partial charge < -0.3 is 16.0 Å². The van der Waals surface area contributed by atoms with Crippen molar-refractivity contribution in [3.05, 3.63) is 70.9 Å². The molecule has 3 rings (SSSR count). The van der Waals surface area contributed by atoms with E-state index in [9.17, 15) is 18.0 Å². The molecule has 2 amide bonds. The van der Waals surface area contributed by atoms with Crippen molar-refractivity contribution >= 4 is 29.0 Å². The minimum atomic E-state index is -4.61. The Morgan fingerprint density at radius 2 is 1.88 bits per heavy atom. The van der Waals surface area contributed by atoms with E-state index in [1.54, 1.807) is 0 Å². The Morgan fingerprint density at radius 3 is 2.52 bits per heavy atom. The summed E-state index contributed by atoms with van der Waals surface area (Å²) in [5.41, 5.74) is 1.93. The van der Waals surface area contributed by atoms with Crippen molar-refractivity contribution in [1.29, 1.82) is 0 Å². The molecule has 1 unspecified atom stereocenters. The predicted molar refractivity (Wildman–Crippen MR) is 127 cm³/mol. The number of hydrogen-bond acceptors (Lipinski definition) is 3. The maximum Gasteiger partial charge on any atom is 0.417 e. The highest BCUT2D eigenvalue weighted by atomic mass is 35.5. The monoisotopic (exact) mass is 480 g/mol. The van der Waals surface area contributed by atoms with Crippen molar-refractivity contribution in [3.8, 4) is 0 Å². The number of likely N-dealkylation sites (tertiary alicyclic amines) is 1. The zero-order chi connectivity index (χ0) is 24.3. The zero-order valence-electron chi connectivity index (χ0n) is 18.8. The molecule has 0 aromatic heterocycles. The summed E-state index contributed by atoms with van der Waals surface area (Å²) in [5, 5.41) is 8.32. The lowest BCUT2D eigenvalue weighted by molar-refractivity contribution is -0.137. The molecule has 2 aromatic rings. The number of urea groups is 1. The van der Waals surface area contributed by atoms with Gasteiger partial charge in [-0.25, -0.2) is 4.79 Å². The topological polar surface area (TPSA) is 56.4 Å². The van der Waals surface area contributed by atoms with Gasteiger partial charge in [-0.1, -0.05) is 36.4 Å². The third-order valence-electron chi connectivity index (χ3n) is 5.71. The summed E-state index contributed by atoms with van der Waals surface area (Å²) in [7, 11) is 0. The molecule has 2 aromatic carbocycles. The molecule has 3 N–H and O–H groups in total. The first-order valence-electron chi connectivity index (χ1n) is 10.7. The molecule has 1 heterocycles. The second kappa shape index (κ2) is 10.1. The van der Waals surface area contributed by atoms with Gasteiger partial charge in [0, 0.05) is 35.7 Å². The van der Waals surface area contributed by atoms with E-state index in [4.69, 9.17) is 11.6 Å². The number of alkyl halides is 3. The van der Waals surface area contributed by atoms with E-state index in [1.807, 2.05) is 31.2 Å². The first-order chi connectivity index (χ1) is 15.5. The number of para-hydroxylation sites is 1. The Hall–Kier alpha value is -2.71. The van der Waals surface area contributed by atoms with Crippen LogP contribution in [0.1, 0.15) is 31.4 Å². The van der Waals surface area contributed by atoms with Gasteiger partial charge in [0.2, 0.25) is 0 Å². The molecule has 1 aliphatic rings. The molecule has 0 saturated carbocycles. The van der Waals surface area contributed by atoms with E-state index in [0.717, 1.165) is 29.1 Å². The van der Waals surface area contributed by atoms with E-state index in [2.05, 4.69) is 41.3 Å². The highest BCUT2D eigenvalue weighted by Crippen LogP contribution is 2.36. The largest absolute Gasteiger partial charge is 0.417 e. The Balaban J connectivity index is 1.65. The van der Waals surface area contributed by atoms with Crippen LogP contribution in [0, 0.1) is 6.92 Å². The number of nitrogens with zero attached hydrogens (tertiary/aromatic N) is 1. The van der Waals surface area contributed by atoms with E-state index >= 15 is 0 Å². The summed E-state index contributed by atoms with van der Waals surface area (Å²) in [6.07, 6.45) is -3.98. The van der Waals surface area contributed by atoms with Gasteiger partial charge in [0.1, 0.15) is 0 Å². The minimum absolute atomic E-state index is 0.0118. The summed E-state index contributed by atoms with van der Waals surface area (Å²) < 4.78 is 39.2. The van der Waals surface area contributed by atoms with Gasteiger partial charge in [0.15, 0.2) is 0 Å². The highest BCUT2D eigenvalue weighted by molar-refractivity contribution is 6.31. The van der Waals surface area contributed by atoms with Gasteiger partial charge in [-0.05, 0) is 57.0 Å². The molecule has 178 valence electrons. The van der Waals surface area contributed by atoms with Crippen LogP contribution in [-0.2, 0) is 6.18 Å². The number of halogens is 4. The van der Waals surface area contributed by atoms with Crippen molar-refractivity contribution in [2.75, 3.05) is 17.2 Å². The molecule has 1 fully saturated rings. The summed E-state index contributed by atoms with van der Waals surface area (Å²) >= 11 is 5.65. The van der Waals surface area contributed by atoms with Crippen molar-refractivity contribution < 1.29 is 18.0 Å². The molecular weight excluding hydrogens is 453 g/mol. The molecule has 1 saturated heterocycles. The Labute approximate surface area is 197 Å². The van der Waals surface area contributed by atoms with Gasteiger partial charge in [0.25, 0.3) is 0 Å². The lowest BCUT2D eigenvalue weighted by Gasteiger charge is -2.30. The van der Waals surface area contributed by atoms with E-state index < -0.39 is 22.8 Å². The van der Waals surface area contributed by atoms with Crippen molar-refractivity contribution in [2.45, 2.75) is 51.5 Å². The fraction of sp³-hybridized carbons (Fsp3) is 0.375. The van der Waals surface area contributed by atoms with Crippen LogP contribution in [0.4, 0.5) is 29.3 Å². The smallest absolute Gasteiger partial charge is 0.358 e. The third kappa shape index (κ3) is 6.21. The first kappa shape index (κ1) is 24.9. The van der Waals surface area contributed by atoms with Crippen molar-refractivity contribution in [3.63, 3.8) is 0 Å². The number of aryl methyl sites for hydroxylation is 1. The zero-order valence-corrected chi connectivity index (χ0v) is 19.5. The molecule has 5 nitrogen and oxygen atoms in total. The van der Waals surface area contributed by atoms with Crippen molar-refractivity contribution in [1.82, 2.24) is 10.2 Å². The van der Waals surface area contributed by atoms with Gasteiger partial charge >= 0.3 is 12.2 Å². The number of nitrogens with one attached hydrogen (secondary N) is 3. The number of anilines is 2. The molecular formula is C24H28ClF3N4O. The van der Waals surface area contributed by atoms with Crippen LogP contribution < -0.4 is 16.0 Å². The Kier molecular flexibility index (Phi) is 7.59. The third-order valence-corrected chi connectivity index (χ3v) is 6.04. The number of carbonyl (C=O) groups is 1. The number of rotatable bonds is 6. The fourth-order valence-corrected chi connectivity index (χ4v) is 4.25. The van der Waals surface area contributed by atoms with Gasteiger partial charge in [0.05, 0.1) is 16.6 Å². The summed E-state index contributed by atoms with van der Waals surface area (Å²) in [6.45, 7) is 11.0. The van der Waals surface area contributed by atoms with Crippen molar-refractivity contribution in [2.24, 2.45) is 0 Å². The second-order valence-corrected chi connectivity index (χ2v) is 8.90. The van der Waals surface area contributed by atoms with Gasteiger partial charge in [-0.3, -0.25) is 4.90 Å². The van der Waals surface area contributed by atoms with E-state index in [-0.39, 0.29) is 23.8 Å². The number of amides is 2. The molecule has 2 atom stereocenters. The highest BCUT2D eigenvalue weighted by Gasteiger charge is 2.36. The molecule has 0 aliphatic carbocycles. The van der Waals surface area contributed by atoms with Crippen LogP contribution in [0.5, 0.6) is 0 Å². The Morgan fingerprint density at radius 1 is 1.18 bits per heavy atom. The lowest BCUT2D eigenvalue weighted by Crippen LogP contribution is -2.41. The molecule has 0 spiro atoms. The average Bonchev–Trinajstić information content (AvgIpc) is 3.14. The van der Waals surface area contributed by atoms with Crippen LogP contribution in [0.15, 0.2) is 54.7 Å². The fourth-order valence-electron chi connectivity index (χ4n) is 4.02. The van der Waals surface area contributed by atoms with Crippen LogP contribution in [0.25, 0.3) is 0 Å². The minimum Gasteiger partial charge on any atom is -0.358 e. The normalized spacial score (nSPS) is 18.9. The molecule has 9 heteroatoms. The van der Waals surface area contributed by atoms with Crippen LogP contribution in [0.3, 0.4) is 0 Å². The van der Waals surface area contributed by atoms with Gasteiger partial charge in [-0.2, -0.15) is 13.2 Å². The molecule has 1 aliphatic heterocycles. The summed E-state index contributed by atoms with van der Waals surface area (Å²) in [5.74, 6) is 0. The second-order valence-electron chi connectivity index (χ2n) is 8.49. The van der Waals surface area contributed by atoms with Gasteiger partial charge in [-0.15, -0.1) is 0 Å². The quantitative estimate of drug-likeness (QED) is 0.457. The van der Waals surface area contributed by atoms with Crippen LogP contribution in [0.2, 0.25) is 5.02 Å². The molecule has 0 radical (unpaired) electrons. The number of benzene rings is 2. The Bertz CT molecular complexity index is 1030.